The topological polar surface area (TPSA) is 97.4 Å². The lowest BCUT2D eigenvalue weighted by Gasteiger charge is -2.12. The predicted molar refractivity (Wildman–Crippen MR) is 97.0 cm³/mol. The number of carbonyl (C=O) groups is 3. The van der Waals surface area contributed by atoms with Crippen molar-refractivity contribution in [1.82, 2.24) is 15.6 Å². The maximum absolute atomic E-state index is 12.5. The minimum atomic E-state index is -0.486. The standard InChI is InChI=1S/C18H17N3O4S/c1-25-14-6-5-11(9-15-17(23)21-18(24)26-15)8-13(14)16(22)20-10-12-4-2-3-7-19-12/h2-8,15H,9-10H2,1H3,(H,20,22)(H,21,23,24). The van der Waals surface area contributed by atoms with Crippen molar-refractivity contribution in [1.29, 1.82) is 0 Å². The first-order valence-electron chi connectivity index (χ1n) is 7.93. The highest BCUT2D eigenvalue weighted by atomic mass is 32.2. The summed E-state index contributed by atoms with van der Waals surface area (Å²) in [5, 5.41) is 4.23. The molecule has 1 aliphatic rings. The number of nitrogens with one attached hydrogen (secondary N) is 2. The van der Waals surface area contributed by atoms with E-state index in [2.05, 4.69) is 15.6 Å². The Morgan fingerprint density at radius 2 is 2.15 bits per heavy atom. The Morgan fingerprint density at radius 3 is 2.81 bits per heavy atom. The van der Waals surface area contributed by atoms with Crippen molar-refractivity contribution in [3.8, 4) is 5.75 Å². The minimum absolute atomic E-state index is 0.294. The fourth-order valence-electron chi connectivity index (χ4n) is 2.57. The third kappa shape index (κ3) is 4.20. The van der Waals surface area contributed by atoms with E-state index >= 15 is 0 Å². The minimum Gasteiger partial charge on any atom is -0.496 e. The van der Waals surface area contributed by atoms with Gasteiger partial charge in [-0.3, -0.25) is 24.7 Å². The van der Waals surface area contributed by atoms with Gasteiger partial charge >= 0.3 is 0 Å². The second kappa shape index (κ2) is 8.01. The zero-order valence-electron chi connectivity index (χ0n) is 14.0. The van der Waals surface area contributed by atoms with Gasteiger partial charge in [-0.2, -0.15) is 0 Å². The number of nitrogens with zero attached hydrogens (tertiary/aromatic N) is 1. The SMILES string of the molecule is COc1ccc(CC2SC(=O)NC2=O)cc1C(=O)NCc1ccccn1. The van der Waals surface area contributed by atoms with Gasteiger partial charge in [-0.1, -0.05) is 23.9 Å². The van der Waals surface area contributed by atoms with E-state index in [1.165, 1.54) is 7.11 Å². The number of aromatic nitrogens is 1. The summed E-state index contributed by atoms with van der Waals surface area (Å²) >= 11 is 0.961. The van der Waals surface area contributed by atoms with Crippen LogP contribution in [0.25, 0.3) is 0 Å². The van der Waals surface area contributed by atoms with Gasteiger partial charge in [-0.25, -0.2) is 0 Å². The van der Waals surface area contributed by atoms with Crippen molar-refractivity contribution >= 4 is 28.8 Å². The van der Waals surface area contributed by atoms with Crippen molar-refractivity contribution in [3.05, 3.63) is 59.4 Å². The maximum atomic E-state index is 12.5. The summed E-state index contributed by atoms with van der Waals surface area (Å²) in [6.45, 7) is 0.294. The van der Waals surface area contributed by atoms with Gasteiger partial charge in [0.25, 0.3) is 11.1 Å². The molecule has 7 nitrogen and oxygen atoms in total. The number of hydrogen-bond donors (Lipinski definition) is 2. The Hall–Kier alpha value is -2.87. The number of amides is 3. The number of imide groups is 1. The molecule has 0 spiro atoms. The number of pyridine rings is 1. The highest BCUT2D eigenvalue weighted by Crippen LogP contribution is 2.26. The Balaban J connectivity index is 1.73. The van der Waals surface area contributed by atoms with Gasteiger partial charge in [-0.15, -0.1) is 0 Å². The number of benzene rings is 1. The molecule has 134 valence electrons. The van der Waals surface area contributed by atoms with E-state index in [1.807, 2.05) is 12.1 Å². The lowest BCUT2D eigenvalue weighted by atomic mass is 10.0. The quantitative estimate of drug-likeness (QED) is 0.805. The van der Waals surface area contributed by atoms with Crippen LogP contribution < -0.4 is 15.4 Å². The normalized spacial score (nSPS) is 16.3. The molecule has 0 radical (unpaired) electrons. The zero-order chi connectivity index (χ0) is 18.5. The van der Waals surface area contributed by atoms with Gasteiger partial charge in [0, 0.05) is 6.20 Å². The smallest absolute Gasteiger partial charge is 0.286 e. The Labute approximate surface area is 154 Å². The lowest BCUT2D eigenvalue weighted by molar-refractivity contribution is -0.118. The molecule has 1 aromatic carbocycles. The largest absolute Gasteiger partial charge is 0.496 e. The van der Waals surface area contributed by atoms with Crippen LogP contribution in [-0.4, -0.2) is 34.4 Å². The molecular weight excluding hydrogens is 354 g/mol. The summed E-state index contributed by atoms with van der Waals surface area (Å²) < 4.78 is 5.27. The molecule has 1 saturated heterocycles. The Morgan fingerprint density at radius 1 is 1.31 bits per heavy atom. The molecular formula is C18H17N3O4S. The molecule has 1 aliphatic heterocycles. The second-order valence-electron chi connectivity index (χ2n) is 5.63. The van der Waals surface area contributed by atoms with Gasteiger partial charge in [0.1, 0.15) is 5.75 Å². The van der Waals surface area contributed by atoms with Gasteiger partial charge in [0.15, 0.2) is 0 Å². The van der Waals surface area contributed by atoms with E-state index < -0.39 is 5.25 Å². The first kappa shape index (κ1) is 17.9. The zero-order valence-corrected chi connectivity index (χ0v) is 14.8. The van der Waals surface area contributed by atoms with Crippen LogP contribution in [0.3, 0.4) is 0 Å². The summed E-state index contributed by atoms with van der Waals surface area (Å²) in [5.74, 6) is -0.169. The van der Waals surface area contributed by atoms with E-state index in [1.54, 1.807) is 30.5 Å². The van der Waals surface area contributed by atoms with Crippen molar-refractivity contribution in [2.45, 2.75) is 18.2 Å². The van der Waals surface area contributed by atoms with Crippen LogP contribution in [0, 0.1) is 0 Å². The lowest BCUT2D eigenvalue weighted by Crippen LogP contribution is -2.26. The summed E-state index contributed by atoms with van der Waals surface area (Å²) in [4.78, 5) is 39.7. The van der Waals surface area contributed by atoms with Crippen LogP contribution in [0.1, 0.15) is 21.6 Å². The third-order valence-corrected chi connectivity index (χ3v) is 4.83. The molecule has 3 amide bonds. The molecule has 2 heterocycles. The van der Waals surface area contributed by atoms with Crippen molar-refractivity contribution < 1.29 is 19.1 Å². The number of hydrogen-bond acceptors (Lipinski definition) is 6. The Bertz CT molecular complexity index is 842. The van der Waals surface area contributed by atoms with Crippen LogP contribution in [0.2, 0.25) is 0 Å². The molecule has 1 fully saturated rings. The number of carbonyl (C=O) groups excluding carboxylic acids is 3. The van der Waals surface area contributed by atoms with Crippen LogP contribution in [-0.2, 0) is 17.8 Å². The van der Waals surface area contributed by atoms with Gasteiger partial charge in [-0.05, 0) is 36.2 Å². The number of ether oxygens (including phenoxy) is 1. The van der Waals surface area contributed by atoms with E-state index in [0.29, 0.717) is 24.3 Å². The fourth-order valence-corrected chi connectivity index (χ4v) is 3.43. The predicted octanol–water partition coefficient (Wildman–Crippen LogP) is 1.91. The van der Waals surface area contributed by atoms with Crippen LogP contribution in [0.15, 0.2) is 42.6 Å². The Kier molecular flexibility index (Phi) is 5.52. The fraction of sp³-hybridized carbons (Fsp3) is 0.222. The molecule has 0 bridgehead atoms. The van der Waals surface area contributed by atoms with Crippen LogP contribution in [0.4, 0.5) is 4.79 Å². The van der Waals surface area contributed by atoms with Crippen molar-refractivity contribution in [2.24, 2.45) is 0 Å². The molecule has 2 N–H and O–H groups in total. The molecule has 1 unspecified atom stereocenters. The first-order valence-corrected chi connectivity index (χ1v) is 8.81. The molecule has 0 aliphatic carbocycles. The molecule has 26 heavy (non-hydrogen) atoms. The van der Waals surface area contributed by atoms with E-state index in [0.717, 1.165) is 23.0 Å². The average Bonchev–Trinajstić information content (AvgIpc) is 2.97. The van der Waals surface area contributed by atoms with Crippen LogP contribution in [0.5, 0.6) is 5.75 Å². The van der Waals surface area contributed by atoms with Gasteiger partial charge < -0.3 is 10.1 Å². The third-order valence-electron chi connectivity index (χ3n) is 3.85. The highest BCUT2D eigenvalue weighted by molar-refractivity contribution is 8.15. The summed E-state index contributed by atoms with van der Waals surface area (Å²) in [5.41, 5.74) is 1.89. The monoisotopic (exact) mass is 371 g/mol. The number of thioether (sulfide) groups is 1. The molecule has 3 rings (SSSR count). The summed E-state index contributed by atoms with van der Waals surface area (Å²) in [7, 11) is 1.49. The van der Waals surface area contributed by atoms with E-state index in [9.17, 15) is 14.4 Å². The highest BCUT2D eigenvalue weighted by Gasteiger charge is 2.31. The molecule has 2 aromatic rings. The number of methoxy groups -OCH3 is 1. The second-order valence-corrected chi connectivity index (χ2v) is 6.80. The van der Waals surface area contributed by atoms with Gasteiger partial charge in [0.2, 0.25) is 5.91 Å². The van der Waals surface area contributed by atoms with Crippen molar-refractivity contribution in [3.63, 3.8) is 0 Å². The van der Waals surface area contributed by atoms with Crippen LogP contribution >= 0.6 is 11.8 Å². The van der Waals surface area contributed by atoms with Crippen molar-refractivity contribution in [2.75, 3.05) is 7.11 Å². The number of rotatable bonds is 6. The first-order chi connectivity index (χ1) is 12.6. The molecule has 1 aromatic heterocycles. The summed E-state index contributed by atoms with van der Waals surface area (Å²) in [6, 6.07) is 10.6. The summed E-state index contributed by atoms with van der Waals surface area (Å²) in [6.07, 6.45) is 2.01. The van der Waals surface area contributed by atoms with E-state index in [-0.39, 0.29) is 17.1 Å². The maximum Gasteiger partial charge on any atom is 0.286 e. The van der Waals surface area contributed by atoms with Gasteiger partial charge in [0.05, 0.1) is 30.2 Å². The molecule has 8 heteroatoms. The molecule has 1 atom stereocenters. The average molecular weight is 371 g/mol. The van der Waals surface area contributed by atoms with E-state index in [4.69, 9.17) is 4.74 Å². The molecule has 0 saturated carbocycles.